The van der Waals surface area contributed by atoms with Gasteiger partial charge in [-0.15, -0.1) is 0 Å². The fourth-order valence-corrected chi connectivity index (χ4v) is 4.43. The number of carbonyl (C=O) groups excluding carboxylic acids is 1. The van der Waals surface area contributed by atoms with Crippen LogP contribution in [0.15, 0.2) is 54.3 Å². The van der Waals surface area contributed by atoms with Crippen molar-refractivity contribution in [1.29, 1.82) is 0 Å². The summed E-state index contributed by atoms with van der Waals surface area (Å²) < 4.78 is 0. The van der Waals surface area contributed by atoms with Gasteiger partial charge in [0, 0.05) is 18.7 Å². The van der Waals surface area contributed by atoms with Crippen molar-refractivity contribution in [1.82, 2.24) is 19.8 Å². The van der Waals surface area contributed by atoms with Crippen LogP contribution in [0.4, 0.5) is 5.82 Å². The van der Waals surface area contributed by atoms with Crippen molar-refractivity contribution in [3.63, 3.8) is 0 Å². The Hall–Kier alpha value is -2.99. The molecule has 1 aromatic heterocycles. The lowest BCUT2D eigenvalue weighted by Crippen LogP contribution is -2.32. The number of amides is 1. The Morgan fingerprint density at radius 1 is 1.16 bits per heavy atom. The molecule has 2 aliphatic rings. The van der Waals surface area contributed by atoms with Gasteiger partial charge in [-0.05, 0) is 62.3 Å². The fraction of sp³-hybridized carbons (Fsp3) is 0.423. The van der Waals surface area contributed by atoms with E-state index in [9.17, 15) is 4.79 Å². The van der Waals surface area contributed by atoms with Gasteiger partial charge in [-0.3, -0.25) is 9.69 Å². The molecular weight excluding hydrogens is 398 g/mol. The van der Waals surface area contributed by atoms with Crippen LogP contribution in [0.2, 0.25) is 0 Å². The maximum absolute atomic E-state index is 13.1. The van der Waals surface area contributed by atoms with Gasteiger partial charge in [0.05, 0.1) is 24.3 Å². The van der Waals surface area contributed by atoms with Gasteiger partial charge in [-0.2, -0.15) is 0 Å². The van der Waals surface area contributed by atoms with Gasteiger partial charge >= 0.3 is 0 Å². The van der Waals surface area contributed by atoms with Crippen molar-refractivity contribution in [3.8, 4) is 0 Å². The van der Waals surface area contributed by atoms with E-state index in [1.165, 1.54) is 5.56 Å². The number of nitrogens with two attached hydrogens (primary N) is 1. The molecule has 0 radical (unpaired) electrons. The Kier molecular flexibility index (Phi) is 7.32. The van der Waals surface area contributed by atoms with Gasteiger partial charge in [0.15, 0.2) is 0 Å². The van der Waals surface area contributed by atoms with Crippen molar-refractivity contribution < 1.29 is 4.79 Å². The zero-order chi connectivity index (χ0) is 22.3. The minimum atomic E-state index is 0.118. The molecule has 1 fully saturated rings. The van der Waals surface area contributed by atoms with Gasteiger partial charge in [0.1, 0.15) is 5.82 Å². The number of nitrogens with zero attached hydrogens (tertiary/aromatic N) is 4. The highest BCUT2D eigenvalue weighted by atomic mass is 16.2. The molecule has 1 aliphatic carbocycles. The maximum atomic E-state index is 13.1. The van der Waals surface area contributed by atoms with Crippen LogP contribution in [0.5, 0.6) is 0 Å². The minimum Gasteiger partial charge on any atom is -0.382 e. The summed E-state index contributed by atoms with van der Waals surface area (Å²) in [5.74, 6) is 0.616. The number of benzene rings is 1. The highest BCUT2D eigenvalue weighted by Gasteiger charge is 2.26. The summed E-state index contributed by atoms with van der Waals surface area (Å²) >= 11 is 0. The second-order valence-electron chi connectivity index (χ2n) is 8.62. The third-order valence-corrected chi connectivity index (χ3v) is 6.17. The van der Waals surface area contributed by atoms with Crippen molar-refractivity contribution in [2.75, 3.05) is 32.0 Å². The maximum Gasteiger partial charge on any atom is 0.254 e. The topological polar surface area (TPSA) is 75.3 Å². The molecule has 168 valence electrons. The number of allylic oxidation sites excluding steroid dienone is 2. The average Bonchev–Trinajstić information content (AvgIpc) is 3.29. The van der Waals surface area contributed by atoms with E-state index < -0.39 is 0 Å². The van der Waals surface area contributed by atoms with Gasteiger partial charge in [0.2, 0.25) is 0 Å². The predicted molar refractivity (Wildman–Crippen MR) is 129 cm³/mol. The van der Waals surface area contributed by atoms with E-state index in [0.29, 0.717) is 5.82 Å². The molecule has 4 rings (SSSR count). The monoisotopic (exact) mass is 431 g/mol. The molecule has 2 N–H and O–H groups in total. The van der Waals surface area contributed by atoms with E-state index in [1.807, 2.05) is 17.0 Å². The molecule has 1 saturated heterocycles. The molecule has 1 aliphatic heterocycles. The van der Waals surface area contributed by atoms with Crippen molar-refractivity contribution in [2.24, 2.45) is 0 Å². The SMILES string of the molecule is CCCN1CCN(C(=O)C2=CCCC(c3cnc(N)c(CCCc4ccccc4)n3)=C2)C1. The summed E-state index contributed by atoms with van der Waals surface area (Å²) in [7, 11) is 0. The number of hydrogen-bond donors (Lipinski definition) is 1. The Bertz CT molecular complexity index is 999. The Morgan fingerprint density at radius 3 is 2.81 bits per heavy atom. The zero-order valence-corrected chi connectivity index (χ0v) is 19.0. The lowest BCUT2D eigenvalue weighted by atomic mass is 9.96. The van der Waals surface area contributed by atoms with Gasteiger partial charge < -0.3 is 10.6 Å². The standard InChI is InChI=1S/C26H33N5O/c1-2-14-30-15-16-31(19-30)26(32)22-12-7-11-21(17-22)24-18-28-25(27)23(29-24)13-6-10-20-8-4-3-5-9-20/h3-5,8-9,12,17-18H,2,6-7,10-11,13-16,19H2,1H3,(H2,27,28). The van der Waals surface area contributed by atoms with Crippen LogP contribution >= 0.6 is 0 Å². The largest absolute Gasteiger partial charge is 0.382 e. The summed E-state index contributed by atoms with van der Waals surface area (Å²) in [6.07, 6.45) is 11.4. The highest BCUT2D eigenvalue weighted by Crippen LogP contribution is 2.27. The van der Waals surface area contributed by atoms with Crippen molar-refractivity contribution in [3.05, 3.63) is 71.2 Å². The number of anilines is 1. The van der Waals surface area contributed by atoms with Crippen LogP contribution in [0, 0.1) is 0 Å². The molecule has 0 atom stereocenters. The lowest BCUT2D eigenvalue weighted by Gasteiger charge is -2.20. The van der Waals surface area contributed by atoms with Crippen LogP contribution < -0.4 is 5.73 Å². The third kappa shape index (κ3) is 5.43. The molecule has 0 bridgehead atoms. The Morgan fingerprint density at radius 2 is 2.00 bits per heavy atom. The summed E-state index contributed by atoms with van der Waals surface area (Å²) in [4.78, 5) is 26.6. The second kappa shape index (κ2) is 10.6. The van der Waals surface area contributed by atoms with Gasteiger partial charge in [0.25, 0.3) is 5.91 Å². The molecule has 32 heavy (non-hydrogen) atoms. The highest BCUT2D eigenvalue weighted by molar-refractivity contribution is 5.98. The number of carbonyl (C=O) groups is 1. The normalized spacial score (nSPS) is 16.7. The fourth-order valence-electron chi connectivity index (χ4n) is 4.43. The van der Waals surface area contributed by atoms with Gasteiger partial charge in [-0.25, -0.2) is 9.97 Å². The van der Waals surface area contributed by atoms with Crippen molar-refractivity contribution >= 4 is 17.3 Å². The number of rotatable bonds is 8. The molecule has 6 nitrogen and oxygen atoms in total. The molecule has 6 heteroatoms. The summed E-state index contributed by atoms with van der Waals surface area (Å²) in [5.41, 5.74) is 11.0. The summed E-state index contributed by atoms with van der Waals surface area (Å²) in [6.45, 7) is 5.69. The first kappa shape index (κ1) is 22.2. The number of aromatic nitrogens is 2. The predicted octanol–water partition coefficient (Wildman–Crippen LogP) is 3.85. The smallest absolute Gasteiger partial charge is 0.254 e. The molecule has 2 heterocycles. The molecule has 1 amide bonds. The van der Waals surface area contributed by atoms with E-state index >= 15 is 0 Å². The summed E-state index contributed by atoms with van der Waals surface area (Å²) in [6, 6.07) is 10.5. The Labute approximate surface area is 190 Å². The molecule has 2 aromatic rings. The second-order valence-corrected chi connectivity index (χ2v) is 8.62. The van der Waals surface area contributed by atoms with Crippen LogP contribution in [-0.2, 0) is 17.6 Å². The van der Waals surface area contributed by atoms with Crippen molar-refractivity contribution in [2.45, 2.75) is 45.4 Å². The Balaban J connectivity index is 1.42. The first-order valence-corrected chi connectivity index (χ1v) is 11.7. The third-order valence-electron chi connectivity index (χ3n) is 6.17. The van der Waals surface area contributed by atoms with Crippen LogP contribution in [0.1, 0.15) is 49.6 Å². The molecule has 0 spiro atoms. The first-order valence-electron chi connectivity index (χ1n) is 11.7. The number of aryl methyl sites for hydroxylation is 2. The first-order chi connectivity index (χ1) is 15.6. The van der Waals surface area contributed by atoms with Crippen LogP contribution in [0.25, 0.3) is 5.57 Å². The van der Waals surface area contributed by atoms with E-state index in [1.54, 1.807) is 6.20 Å². The van der Waals surface area contributed by atoms with E-state index in [4.69, 9.17) is 10.7 Å². The quantitative estimate of drug-likeness (QED) is 0.687. The van der Waals surface area contributed by atoms with Crippen LogP contribution in [0.3, 0.4) is 0 Å². The van der Waals surface area contributed by atoms with Crippen LogP contribution in [-0.4, -0.2) is 52.0 Å². The lowest BCUT2D eigenvalue weighted by molar-refractivity contribution is -0.126. The average molecular weight is 432 g/mol. The van der Waals surface area contributed by atoms with E-state index in [0.717, 1.165) is 87.4 Å². The molecular formula is C26H33N5O. The molecule has 0 saturated carbocycles. The zero-order valence-electron chi connectivity index (χ0n) is 19.0. The van der Waals surface area contributed by atoms with E-state index in [2.05, 4.69) is 47.1 Å². The number of hydrogen-bond acceptors (Lipinski definition) is 5. The molecule has 1 aromatic carbocycles. The molecule has 0 unspecified atom stereocenters. The minimum absolute atomic E-state index is 0.118. The summed E-state index contributed by atoms with van der Waals surface area (Å²) in [5, 5.41) is 0. The number of nitrogen functional groups attached to an aromatic ring is 1. The van der Waals surface area contributed by atoms with E-state index in [-0.39, 0.29) is 5.91 Å². The van der Waals surface area contributed by atoms with Gasteiger partial charge in [-0.1, -0.05) is 43.3 Å².